The van der Waals surface area contributed by atoms with E-state index in [-0.39, 0.29) is 17.2 Å². The van der Waals surface area contributed by atoms with Gasteiger partial charge < -0.3 is 5.11 Å². The lowest BCUT2D eigenvalue weighted by atomic mass is 10.1. The number of sulfonamides is 1. The second kappa shape index (κ2) is 10.9. The van der Waals surface area contributed by atoms with Gasteiger partial charge in [0.15, 0.2) is 0 Å². The van der Waals surface area contributed by atoms with Gasteiger partial charge in [-0.15, -0.1) is 0 Å². The summed E-state index contributed by atoms with van der Waals surface area (Å²) in [6.45, 7) is 1.47. The third-order valence-electron chi connectivity index (χ3n) is 4.63. The Hall–Kier alpha value is -2.72. The van der Waals surface area contributed by atoms with Crippen LogP contribution in [0.3, 0.4) is 0 Å². The lowest BCUT2D eigenvalue weighted by Crippen LogP contribution is -2.39. The maximum Gasteiger partial charge on any atom is 0.255 e. The van der Waals surface area contributed by atoms with Crippen molar-refractivity contribution in [1.82, 2.24) is 9.73 Å². The minimum Gasteiger partial charge on any atom is -0.507 e. The normalized spacial score (nSPS) is 11.8. The van der Waals surface area contributed by atoms with Crippen LogP contribution in [-0.4, -0.2) is 36.5 Å². The number of carbonyl (C=O) groups is 1. The predicted octanol–water partition coefficient (Wildman–Crippen LogP) is 4.46. The molecule has 10 heteroatoms. The maximum atomic E-state index is 13.3. The Kier molecular flexibility index (Phi) is 8.25. The van der Waals surface area contributed by atoms with Crippen LogP contribution in [0, 0.1) is 6.92 Å². The number of hydrogen-bond acceptors (Lipinski definition) is 5. The van der Waals surface area contributed by atoms with E-state index in [1.54, 1.807) is 12.1 Å². The molecule has 0 radical (unpaired) electrons. The number of phenols is 1. The zero-order chi connectivity index (χ0) is 24.0. The van der Waals surface area contributed by atoms with Crippen molar-refractivity contribution < 1.29 is 18.3 Å². The lowest BCUT2D eigenvalue weighted by molar-refractivity contribution is -0.121. The highest BCUT2D eigenvalue weighted by Gasteiger charge is 2.27. The number of nitrogens with one attached hydrogen (secondary N) is 1. The van der Waals surface area contributed by atoms with Gasteiger partial charge in [-0.3, -0.25) is 4.79 Å². The molecule has 3 aromatic rings. The molecule has 0 atom stereocenters. The van der Waals surface area contributed by atoms with Crippen LogP contribution in [0.5, 0.6) is 5.75 Å². The average Bonchev–Trinajstić information content (AvgIpc) is 2.77. The molecule has 3 aromatic carbocycles. The summed E-state index contributed by atoms with van der Waals surface area (Å²) in [7, 11) is -3.99. The van der Waals surface area contributed by atoms with Crippen LogP contribution < -0.4 is 5.43 Å². The van der Waals surface area contributed by atoms with Crippen LogP contribution in [-0.2, 0) is 21.4 Å². The number of phenolic OH excluding ortho intramolecular Hbond substituents is 1. The molecule has 0 aromatic heterocycles. The topological polar surface area (TPSA) is 99.1 Å². The zero-order valence-corrected chi connectivity index (χ0v) is 20.7. The summed E-state index contributed by atoms with van der Waals surface area (Å²) in [4.78, 5) is 12.6. The number of aryl methyl sites for hydroxylation is 1. The first kappa shape index (κ1) is 24.9. The Morgan fingerprint density at radius 3 is 2.45 bits per heavy atom. The fraction of sp³-hybridized carbons (Fsp3) is 0.130. The van der Waals surface area contributed by atoms with E-state index >= 15 is 0 Å². The van der Waals surface area contributed by atoms with E-state index in [1.165, 1.54) is 36.5 Å². The summed E-state index contributed by atoms with van der Waals surface area (Å²) in [5.74, 6) is -0.645. The van der Waals surface area contributed by atoms with Crippen molar-refractivity contribution in [1.29, 1.82) is 0 Å². The van der Waals surface area contributed by atoms with E-state index < -0.39 is 22.5 Å². The minimum atomic E-state index is -3.99. The molecule has 1 amide bonds. The molecule has 33 heavy (non-hydrogen) atoms. The van der Waals surface area contributed by atoms with Crippen molar-refractivity contribution in [2.24, 2.45) is 5.10 Å². The Labute approximate surface area is 205 Å². The number of hydrogen-bond donors (Lipinski definition) is 2. The quantitative estimate of drug-likeness (QED) is 0.320. The van der Waals surface area contributed by atoms with E-state index in [0.29, 0.717) is 10.6 Å². The van der Waals surface area contributed by atoms with Crippen LogP contribution >= 0.6 is 27.5 Å². The SMILES string of the molecule is Cc1ccc(CN(CC(=O)N/N=C\c2cc(Br)ccc2O)S(=O)(=O)c2ccc(Cl)cc2)cc1. The molecule has 0 aliphatic rings. The van der Waals surface area contributed by atoms with E-state index in [0.717, 1.165) is 19.9 Å². The van der Waals surface area contributed by atoms with Crippen molar-refractivity contribution >= 4 is 49.7 Å². The van der Waals surface area contributed by atoms with Crippen LogP contribution in [0.2, 0.25) is 5.02 Å². The third kappa shape index (κ3) is 6.88. The molecule has 0 aliphatic heterocycles. The summed E-state index contributed by atoms with van der Waals surface area (Å²) >= 11 is 9.18. The standard InChI is InChI=1S/C23H21BrClN3O4S/c1-16-2-4-17(5-3-16)14-28(33(31,32)21-9-7-20(25)8-10-21)15-23(30)27-26-13-18-12-19(24)6-11-22(18)29/h2-13,29H,14-15H2,1H3,(H,27,30)/b26-13-. The third-order valence-corrected chi connectivity index (χ3v) is 7.18. The van der Waals surface area contributed by atoms with Crippen LogP contribution in [0.15, 0.2) is 81.2 Å². The van der Waals surface area contributed by atoms with E-state index in [9.17, 15) is 18.3 Å². The number of aromatic hydroxyl groups is 1. The monoisotopic (exact) mass is 549 g/mol. The van der Waals surface area contributed by atoms with Crippen LogP contribution in [0.1, 0.15) is 16.7 Å². The molecule has 2 N–H and O–H groups in total. The van der Waals surface area contributed by atoms with Gasteiger partial charge in [-0.25, -0.2) is 13.8 Å². The second-order valence-electron chi connectivity index (χ2n) is 7.21. The molecule has 3 rings (SSSR count). The Morgan fingerprint density at radius 2 is 1.79 bits per heavy atom. The lowest BCUT2D eigenvalue weighted by Gasteiger charge is -2.21. The van der Waals surface area contributed by atoms with Gasteiger partial charge in [0.1, 0.15) is 5.75 Å². The van der Waals surface area contributed by atoms with Crippen molar-refractivity contribution in [2.45, 2.75) is 18.4 Å². The molecule has 0 spiro atoms. The van der Waals surface area contributed by atoms with Crippen molar-refractivity contribution in [2.75, 3.05) is 6.54 Å². The first-order valence-electron chi connectivity index (χ1n) is 9.77. The largest absolute Gasteiger partial charge is 0.507 e. The highest BCUT2D eigenvalue weighted by atomic mass is 79.9. The number of benzene rings is 3. The number of rotatable bonds is 8. The fourth-order valence-electron chi connectivity index (χ4n) is 2.88. The highest BCUT2D eigenvalue weighted by molar-refractivity contribution is 9.10. The van der Waals surface area contributed by atoms with E-state index in [4.69, 9.17) is 11.6 Å². The highest BCUT2D eigenvalue weighted by Crippen LogP contribution is 2.21. The molecular weight excluding hydrogens is 530 g/mol. The summed E-state index contributed by atoms with van der Waals surface area (Å²) < 4.78 is 28.3. The molecule has 0 fully saturated rings. The molecule has 172 valence electrons. The van der Waals surface area contributed by atoms with Gasteiger partial charge in [0.05, 0.1) is 17.7 Å². The summed E-state index contributed by atoms with van der Waals surface area (Å²) in [5.41, 5.74) is 4.46. The zero-order valence-electron chi connectivity index (χ0n) is 17.6. The van der Waals surface area contributed by atoms with Gasteiger partial charge in [0, 0.05) is 21.6 Å². The molecule has 0 unspecified atom stereocenters. The molecular formula is C23H21BrClN3O4S. The Balaban J connectivity index is 1.80. The summed E-state index contributed by atoms with van der Waals surface area (Å²) in [6.07, 6.45) is 1.27. The number of amides is 1. The minimum absolute atomic E-state index is 0.00516. The maximum absolute atomic E-state index is 13.3. The first-order valence-corrected chi connectivity index (χ1v) is 12.4. The van der Waals surface area contributed by atoms with Gasteiger partial charge in [0.25, 0.3) is 5.91 Å². The van der Waals surface area contributed by atoms with Crippen LogP contribution in [0.4, 0.5) is 0 Å². The second-order valence-corrected chi connectivity index (χ2v) is 10.5. The van der Waals surface area contributed by atoms with Crippen molar-refractivity contribution in [3.8, 4) is 5.75 Å². The molecule has 0 bridgehead atoms. The van der Waals surface area contributed by atoms with Gasteiger partial charge >= 0.3 is 0 Å². The Morgan fingerprint density at radius 1 is 1.12 bits per heavy atom. The summed E-state index contributed by atoms with van der Waals surface area (Å²) in [5, 5.41) is 14.1. The van der Waals surface area contributed by atoms with E-state index in [2.05, 4.69) is 26.5 Å². The van der Waals surface area contributed by atoms with Gasteiger partial charge in [-0.1, -0.05) is 57.4 Å². The smallest absolute Gasteiger partial charge is 0.255 e. The Bertz CT molecular complexity index is 1260. The first-order chi connectivity index (χ1) is 15.6. The molecule has 0 heterocycles. The molecule has 0 aliphatic carbocycles. The van der Waals surface area contributed by atoms with Crippen molar-refractivity contribution in [3.05, 3.63) is 92.9 Å². The van der Waals surface area contributed by atoms with Gasteiger partial charge in [0.2, 0.25) is 10.0 Å². The molecule has 0 saturated heterocycles. The number of carbonyl (C=O) groups excluding carboxylic acids is 1. The number of halogens is 2. The summed E-state index contributed by atoms with van der Waals surface area (Å²) in [6, 6.07) is 17.9. The van der Waals surface area contributed by atoms with Gasteiger partial charge in [-0.05, 0) is 55.0 Å². The van der Waals surface area contributed by atoms with Crippen LogP contribution in [0.25, 0.3) is 0 Å². The predicted molar refractivity (Wildman–Crippen MR) is 132 cm³/mol. The fourth-order valence-corrected chi connectivity index (χ4v) is 4.77. The van der Waals surface area contributed by atoms with Crippen molar-refractivity contribution in [3.63, 3.8) is 0 Å². The van der Waals surface area contributed by atoms with Gasteiger partial charge in [-0.2, -0.15) is 9.41 Å². The number of hydrazone groups is 1. The van der Waals surface area contributed by atoms with E-state index in [1.807, 2.05) is 31.2 Å². The number of nitrogens with zero attached hydrogens (tertiary/aromatic N) is 2. The molecule has 0 saturated carbocycles. The molecule has 7 nitrogen and oxygen atoms in total. The average molecular weight is 551 g/mol.